The van der Waals surface area contributed by atoms with E-state index in [-0.39, 0.29) is 29.3 Å². The van der Waals surface area contributed by atoms with Gasteiger partial charge in [-0.25, -0.2) is 13.2 Å². The number of amides is 2. The Hall–Kier alpha value is -3.24. The summed E-state index contributed by atoms with van der Waals surface area (Å²) in [6.45, 7) is 1.57. The van der Waals surface area contributed by atoms with Crippen molar-refractivity contribution in [3.8, 4) is 0 Å². The van der Waals surface area contributed by atoms with Gasteiger partial charge in [-0.05, 0) is 74.2 Å². The molecule has 9 nitrogen and oxygen atoms in total. The van der Waals surface area contributed by atoms with Crippen molar-refractivity contribution in [3.63, 3.8) is 0 Å². The van der Waals surface area contributed by atoms with Gasteiger partial charge < -0.3 is 15.0 Å². The number of esters is 1. The first-order valence-electron chi connectivity index (χ1n) is 11.0. The van der Waals surface area contributed by atoms with Gasteiger partial charge in [0, 0.05) is 30.4 Å². The van der Waals surface area contributed by atoms with E-state index in [0.29, 0.717) is 17.7 Å². The van der Waals surface area contributed by atoms with Crippen LogP contribution in [-0.4, -0.2) is 57.3 Å². The molecule has 1 saturated carbocycles. The molecule has 1 fully saturated rings. The zero-order chi connectivity index (χ0) is 24.6. The zero-order valence-electron chi connectivity index (χ0n) is 19.3. The highest BCUT2D eigenvalue weighted by molar-refractivity contribution is 7.89. The molecule has 1 aliphatic heterocycles. The maximum absolute atomic E-state index is 13.1. The molecule has 10 heteroatoms. The predicted molar refractivity (Wildman–Crippen MR) is 126 cm³/mol. The van der Waals surface area contributed by atoms with Crippen LogP contribution < -0.4 is 10.2 Å². The molecule has 1 N–H and O–H groups in total. The SMILES string of the molecule is COC(=O)c1ccc(NC(=O)CN(C)S(=O)(=O)c2ccc3c(c2)C[C@@H](C)N3C(=O)C2CC2)cc1. The molecule has 0 spiro atoms. The number of hydrogen-bond acceptors (Lipinski definition) is 6. The number of carbonyl (C=O) groups is 3. The second-order valence-electron chi connectivity index (χ2n) is 8.70. The van der Waals surface area contributed by atoms with Crippen LogP contribution in [0.5, 0.6) is 0 Å². The standard InChI is InChI=1S/C24H27N3O6S/c1-15-12-18-13-20(10-11-21(18)27(15)23(29)16-4-5-16)34(31,32)26(2)14-22(28)25-19-8-6-17(7-9-19)24(30)33-3/h6-11,13,15-16H,4-5,12,14H2,1-3H3,(H,25,28)/t15-/m1/s1. The number of rotatable bonds is 7. The Morgan fingerprint density at radius 3 is 2.41 bits per heavy atom. The number of sulfonamides is 1. The molecular formula is C24H27N3O6S. The Bertz CT molecular complexity index is 1240. The second-order valence-corrected chi connectivity index (χ2v) is 10.7. The zero-order valence-corrected chi connectivity index (χ0v) is 20.1. The predicted octanol–water partition coefficient (Wildman–Crippen LogP) is 2.42. The third-order valence-corrected chi connectivity index (χ3v) is 7.89. The number of methoxy groups -OCH3 is 1. The average molecular weight is 486 g/mol. The van der Waals surface area contributed by atoms with Crippen LogP contribution in [0.2, 0.25) is 0 Å². The average Bonchev–Trinajstić information content (AvgIpc) is 3.60. The van der Waals surface area contributed by atoms with Crippen LogP contribution in [0.1, 0.15) is 35.7 Å². The lowest BCUT2D eigenvalue weighted by atomic mass is 10.1. The van der Waals surface area contributed by atoms with Gasteiger partial charge in [0.1, 0.15) is 0 Å². The highest BCUT2D eigenvalue weighted by atomic mass is 32.2. The smallest absolute Gasteiger partial charge is 0.337 e. The van der Waals surface area contributed by atoms with E-state index in [0.717, 1.165) is 28.4 Å². The Morgan fingerprint density at radius 2 is 1.79 bits per heavy atom. The molecule has 0 bridgehead atoms. The lowest BCUT2D eigenvalue weighted by molar-refractivity contribution is -0.120. The van der Waals surface area contributed by atoms with Crippen LogP contribution >= 0.6 is 0 Å². The van der Waals surface area contributed by atoms with E-state index in [2.05, 4.69) is 10.1 Å². The largest absolute Gasteiger partial charge is 0.465 e. The van der Waals surface area contributed by atoms with Gasteiger partial charge in [-0.15, -0.1) is 0 Å². The van der Waals surface area contributed by atoms with Gasteiger partial charge in [0.25, 0.3) is 0 Å². The van der Waals surface area contributed by atoms with Crippen molar-refractivity contribution in [3.05, 3.63) is 53.6 Å². The van der Waals surface area contributed by atoms with Gasteiger partial charge >= 0.3 is 5.97 Å². The molecule has 180 valence electrons. The van der Waals surface area contributed by atoms with Crippen LogP contribution in [0.4, 0.5) is 11.4 Å². The van der Waals surface area contributed by atoms with Crippen LogP contribution in [0.15, 0.2) is 47.4 Å². The van der Waals surface area contributed by atoms with Gasteiger partial charge in [-0.3, -0.25) is 9.59 Å². The van der Waals surface area contributed by atoms with Crippen LogP contribution in [0.25, 0.3) is 0 Å². The van der Waals surface area contributed by atoms with E-state index in [1.165, 1.54) is 44.5 Å². The number of benzene rings is 2. The van der Waals surface area contributed by atoms with Gasteiger partial charge in [0.05, 0.1) is 24.1 Å². The van der Waals surface area contributed by atoms with E-state index < -0.39 is 21.9 Å². The maximum atomic E-state index is 13.1. The van der Waals surface area contributed by atoms with Crippen molar-refractivity contribution in [2.75, 3.05) is 30.9 Å². The minimum atomic E-state index is -3.92. The first kappa shape index (κ1) is 23.9. The van der Waals surface area contributed by atoms with Crippen molar-refractivity contribution < 1.29 is 27.5 Å². The lowest BCUT2D eigenvalue weighted by Crippen LogP contribution is -2.36. The van der Waals surface area contributed by atoms with Crippen molar-refractivity contribution in [2.24, 2.45) is 5.92 Å². The highest BCUT2D eigenvalue weighted by Gasteiger charge is 2.40. The molecular weight excluding hydrogens is 458 g/mol. The summed E-state index contributed by atoms with van der Waals surface area (Å²) < 4.78 is 31.8. The Balaban J connectivity index is 1.44. The van der Waals surface area contributed by atoms with E-state index in [9.17, 15) is 22.8 Å². The third kappa shape index (κ3) is 4.69. The van der Waals surface area contributed by atoms with E-state index >= 15 is 0 Å². The number of anilines is 2. The molecule has 2 aromatic carbocycles. The third-order valence-electron chi connectivity index (χ3n) is 6.09. The minimum Gasteiger partial charge on any atom is -0.465 e. The Kier molecular flexibility index (Phi) is 6.46. The molecule has 1 atom stereocenters. The first-order valence-corrected chi connectivity index (χ1v) is 12.5. The number of nitrogens with one attached hydrogen (secondary N) is 1. The summed E-state index contributed by atoms with van der Waals surface area (Å²) in [4.78, 5) is 38.5. The molecule has 0 unspecified atom stereocenters. The summed E-state index contributed by atoms with van der Waals surface area (Å²) in [5.74, 6) is -0.825. The van der Waals surface area contributed by atoms with E-state index in [4.69, 9.17) is 0 Å². The summed E-state index contributed by atoms with van der Waals surface area (Å²) in [5, 5.41) is 2.62. The second kappa shape index (κ2) is 9.19. The molecule has 0 radical (unpaired) electrons. The van der Waals surface area contributed by atoms with Crippen molar-refractivity contribution in [1.29, 1.82) is 0 Å². The minimum absolute atomic E-state index is 0.0184. The summed E-state index contributed by atoms with van der Waals surface area (Å²) in [6, 6.07) is 10.8. The van der Waals surface area contributed by atoms with Gasteiger partial charge in [0.15, 0.2) is 0 Å². The molecule has 4 rings (SSSR count). The quantitative estimate of drug-likeness (QED) is 0.603. The van der Waals surface area contributed by atoms with Crippen molar-refractivity contribution >= 4 is 39.2 Å². The van der Waals surface area contributed by atoms with E-state index in [1.54, 1.807) is 17.0 Å². The summed E-state index contributed by atoms with van der Waals surface area (Å²) in [5.41, 5.74) is 2.34. The lowest BCUT2D eigenvalue weighted by Gasteiger charge is -2.23. The number of likely N-dealkylation sites (N-methyl/N-ethyl adjacent to an activating group) is 1. The summed E-state index contributed by atoms with van der Waals surface area (Å²) in [6.07, 6.45) is 2.40. The fraction of sp³-hybridized carbons (Fsp3) is 0.375. The summed E-state index contributed by atoms with van der Waals surface area (Å²) in [7, 11) is -1.30. The topological polar surface area (TPSA) is 113 Å². The number of ether oxygens (including phenoxy) is 1. The van der Waals surface area contributed by atoms with Crippen LogP contribution in [0.3, 0.4) is 0 Å². The van der Waals surface area contributed by atoms with Gasteiger partial charge in [-0.2, -0.15) is 4.31 Å². The molecule has 2 amide bonds. The van der Waals surface area contributed by atoms with Crippen LogP contribution in [0, 0.1) is 5.92 Å². The monoisotopic (exact) mass is 485 g/mol. The maximum Gasteiger partial charge on any atom is 0.337 e. The van der Waals surface area contributed by atoms with Gasteiger partial charge in [-0.1, -0.05) is 0 Å². The fourth-order valence-corrected chi connectivity index (χ4v) is 5.28. The number of hydrogen-bond donors (Lipinski definition) is 1. The van der Waals surface area contributed by atoms with Gasteiger partial charge in [0.2, 0.25) is 21.8 Å². The fourth-order valence-electron chi connectivity index (χ4n) is 4.11. The normalized spacial score (nSPS) is 17.4. The van der Waals surface area contributed by atoms with Crippen LogP contribution in [-0.2, 0) is 30.8 Å². The number of fused-ring (bicyclic) bond motifs is 1. The molecule has 2 aliphatic rings. The molecule has 0 saturated heterocycles. The molecule has 1 heterocycles. The number of carbonyl (C=O) groups excluding carboxylic acids is 3. The van der Waals surface area contributed by atoms with Crippen molar-refractivity contribution in [2.45, 2.75) is 37.1 Å². The van der Waals surface area contributed by atoms with E-state index in [1.807, 2.05) is 6.92 Å². The summed E-state index contributed by atoms with van der Waals surface area (Å²) >= 11 is 0. The molecule has 1 aliphatic carbocycles. The first-order chi connectivity index (χ1) is 16.1. The molecule has 2 aromatic rings. The molecule has 34 heavy (non-hydrogen) atoms. The number of nitrogens with zero attached hydrogens (tertiary/aromatic N) is 2. The molecule has 0 aromatic heterocycles. The Labute approximate surface area is 198 Å². The Morgan fingerprint density at radius 1 is 1.12 bits per heavy atom. The highest BCUT2D eigenvalue weighted by Crippen LogP contribution is 2.39. The van der Waals surface area contributed by atoms with Crippen molar-refractivity contribution in [1.82, 2.24) is 4.31 Å².